The molecule has 0 aromatic carbocycles. The minimum Gasteiger partial charge on any atom is -0.393 e. The highest BCUT2D eigenvalue weighted by molar-refractivity contribution is 7.80. The standard InChI is InChI=1S/C12H22N2O2S/c1-7(2)10(11(13)17)12(15)14-5-9(4)16-6-8(14)3/h7-10H,5-6H2,1-4H3,(H2,13,17). The Labute approximate surface area is 108 Å². The average molecular weight is 258 g/mol. The van der Waals surface area contributed by atoms with Gasteiger partial charge in [0.15, 0.2) is 0 Å². The molecule has 0 spiro atoms. The maximum atomic E-state index is 12.4. The second-order valence-electron chi connectivity index (χ2n) is 5.11. The molecule has 1 heterocycles. The maximum absolute atomic E-state index is 12.4. The number of nitrogens with zero attached hydrogens (tertiary/aromatic N) is 1. The number of hydrogen-bond donors (Lipinski definition) is 1. The Kier molecular flexibility index (Phi) is 4.89. The summed E-state index contributed by atoms with van der Waals surface area (Å²) in [5, 5.41) is 0. The molecule has 5 heteroatoms. The number of amides is 1. The molecular formula is C12H22N2O2S. The molecule has 17 heavy (non-hydrogen) atoms. The summed E-state index contributed by atoms with van der Waals surface area (Å²) in [6.07, 6.45) is 0.0781. The minimum absolute atomic E-state index is 0.0372. The summed E-state index contributed by atoms with van der Waals surface area (Å²) in [7, 11) is 0. The second-order valence-corrected chi connectivity index (χ2v) is 5.58. The third-order valence-electron chi connectivity index (χ3n) is 3.13. The lowest BCUT2D eigenvalue weighted by Crippen LogP contribution is -2.54. The summed E-state index contributed by atoms with van der Waals surface area (Å²) in [5.41, 5.74) is 5.68. The molecule has 0 radical (unpaired) electrons. The van der Waals surface area contributed by atoms with Gasteiger partial charge >= 0.3 is 0 Å². The Morgan fingerprint density at radius 3 is 2.53 bits per heavy atom. The summed E-state index contributed by atoms with van der Waals surface area (Å²) in [6, 6.07) is 0.0919. The van der Waals surface area contributed by atoms with Crippen LogP contribution in [0.3, 0.4) is 0 Å². The SMILES string of the molecule is CC1CN(C(=O)C(C(N)=S)C(C)C)C(C)CO1. The molecule has 0 aromatic rings. The molecule has 2 N–H and O–H groups in total. The predicted molar refractivity (Wildman–Crippen MR) is 71.7 cm³/mol. The van der Waals surface area contributed by atoms with Crippen LogP contribution < -0.4 is 5.73 Å². The molecule has 0 aromatic heterocycles. The van der Waals surface area contributed by atoms with E-state index < -0.39 is 0 Å². The van der Waals surface area contributed by atoms with Crippen LogP contribution in [0.25, 0.3) is 0 Å². The monoisotopic (exact) mass is 258 g/mol. The lowest BCUT2D eigenvalue weighted by atomic mass is 9.93. The fraction of sp³-hybridized carbons (Fsp3) is 0.833. The lowest BCUT2D eigenvalue weighted by Gasteiger charge is -2.39. The third-order valence-corrected chi connectivity index (χ3v) is 3.38. The van der Waals surface area contributed by atoms with E-state index in [2.05, 4.69) is 0 Å². The molecule has 1 fully saturated rings. The van der Waals surface area contributed by atoms with Crippen molar-refractivity contribution >= 4 is 23.1 Å². The smallest absolute Gasteiger partial charge is 0.233 e. The van der Waals surface area contributed by atoms with Crippen molar-refractivity contribution in [2.45, 2.75) is 39.8 Å². The molecule has 1 amide bonds. The highest BCUT2D eigenvalue weighted by Crippen LogP contribution is 2.20. The van der Waals surface area contributed by atoms with Gasteiger partial charge in [-0.15, -0.1) is 0 Å². The van der Waals surface area contributed by atoms with E-state index >= 15 is 0 Å². The molecule has 0 aliphatic carbocycles. The zero-order valence-corrected chi connectivity index (χ0v) is 11.8. The van der Waals surface area contributed by atoms with Crippen molar-refractivity contribution in [3.8, 4) is 0 Å². The Morgan fingerprint density at radius 2 is 2.06 bits per heavy atom. The van der Waals surface area contributed by atoms with E-state index in [0.29, 0.717) is 13.2 Å². The van der Waals surface area contributed by atoms with Crippen molar-refractivity contribution in [2.75, 3.05) is 13.2 Å². The maximum Gasteiger partial charge on any atom is 0.233 e. The van der Waals surface area contributed by atoms with E-state index in [1.54, 1.807) is 0 Å². The predicted octanol–water partition coefficient (Wildman–Crippen LogP) is 1.18. The van der Waals surface area contributed by atoms with Gasteiger partial charge in [-0.25, -0.2) is 0 Å². The first-order valence-electron chi connectivity index (χ1n) is 6.06. The van der Waals surface area contributed by atoms with E-state index in [-0.39, 0.29) is 34.9 Å². The minimum atomic E-state index is -0.363. The van der Waals surface area contributed by atoms with Gasteiger partial charge in [0.05, 0.1) is 29.7 Å². The lowest BCUT2D eigenvalue weighted by molar-refractivity contribution is -0.146. The fourth-order valence-corrected chi connectivity index (χ4v) is 2.50. The number of rotatable bonds is 3. The van der Waals surface area contributed by atoms with Gasteiger partial charge in [-0.05, 0) is 19.8 Å². The van der Waals surface area contributed by atoms with Crippen LogP contribution in [-0.4, -0.2) is 41.1 Å². The van der Waals surface area contributed by atoms with Crippen LogP contribution in [0.5, 0.6) is 0 Å². The van der Waals surface area contributed by atoms with Crippen molar-refractivity contribution < 1.29 is 9.53 Å². The van der Waals surface area contributed by atoms with Crippen LogP contribution in [0, 0.1) is 11.8 Å². The second kappa shape index (κ2) is 5.78. The molecule has 1 saturated heterocycles. The Balaban J connectivity index is 2.82. The van der Waals surface area contributed by atoms with Crippen molar-refractivity contribution in [1.29, 1.82) is 0 Å². The Hall–Kier alpha value is -0.680. The number of hydrogen-bond acceptors (Lipinski definition) is 3. The summed E-state index contributed by atoms with van der Waals surface area (Å²) in [5.74, 6) is -0.196. The van der Waals surface area contributed by atoms with Crippen molar-refractivity contribution in [3.05, 3.63) is 0 Å². The third kappa shape index (κ3) is 3.39. The van der Waals surface area contributed by atoms with Gasteiger partial charge in [0.2, 0.25) is 5.91 Å². The molecule has 3 unspecified atom stereocenters. The van der Waals surface area contributed by atoms with Gasteiger partial charge < -0.3 is 15.4 Å². The summed E-state index contributed by atoms with van der Waals surface area (Å²) in [6.45, 7) is 9.09. The van der Waals surface area contributed by atoms with Gasteiger partial charge in [0, 0.05) is 6.54 Å². The number of ether oxygens (including phenoxy) is 1. The summed E-state index contributed by atoms with van der Waals surface area (Å²) in [4.78, 5) is 14.6. The van der Waals surface area contributed by atoms with Gasteiger partial charge in [-0.3, -0.25) is 4.79 Å². The molecule has 3 atom stereocenters. The zero-order chi connectivity index (χ0) is 13.2. The molecule has 1 aliphatic rings. The van der Waals surface area contributed by atoms with Crippen molar-refractivity contribution in [2.24, 2.45) is 17.6 Å². The van der Waals surface area contributed by atoms with Crippen molar-refractivity contribution in [1.82, 2.24) is 4.90 Å². The number of nitrogens with two attached hydrogens (primary N) is 1. The van der Waals surface area contributed by atoms with Gasteiger partial charge in [-0.1, -0.05) is 26.1 Å². The number of morpholine rings is 1. The molecule has 0 saturated carbocycles. The van der Waals surface area contributed by atoms with Crippen LogP contribution >= 0.6 is 12.2 Å². The molecule has 98 valence electrons. The highest BCUT2D eigenvalue weighted by atomic mass is 32.1. The molecule has 1 rings (SSSR count). The zero-order valence-electron chi connectivity index (χ0n) is 11.0. The van der Waals surface area contributed by atoms with Crippen LogP contribution in [0.4, 0.5) is 0 Å². The first-order valence-corrected chi connectivity index (χ1v) is 6.46. The fourth-order valence-electron chi connectivity index (χ4n) is 2.12. The van der Waals surface area contributed by atoms with Gasteiger partial charge in [0.1, 0.15) is 0 Å². The van der Waals surface area contributed by atoms with E-state index in [9.17, 15) is 4.79 Å². The van der Waals surface area contributed by atoms with Crippen LogP contribution in [0.15, 0.2) is 0 Å². The first kappa shape index (κ1) is 14.4. The molecule has 4 nitrogen and oxygen atoms in total. The van der Waals surface area contributed by atoms with E-state index in [4.69, 9.17) is 22.7 Å². The van der Waals surface area contributed by atoms with Crippen molar-refractivity contribution in [3.63, 3.8) is 0 Å². The van der Waals surface area contributed by atoms with Crippen LogP contribution in [0.2, 0.25) is 0 Å². The van der Waals surface area contributed by atoms with E-state index in [1.807, 2.05) is 32.6 Å². The number of carbonyl (C=O) groups is 1. The first-order chi connectivity index (χ1) is 7.84. The molecule has 1 aliphatic heterocycles. The van der Waals surface area contributed by atoms with Gasteiger partial charge in [0.25, 0.3) is 0 Å². The normalized spacial score (nSPS) is 27.0. The van der Waals surface area contributed by atoms with E-state index in [0.717, 1.165) is 0 Å². The Morgan fingerprint density at radius 1 is 1.47 bits per heavy atom. The Bertz CT molecular complexity index is 307. The summed E-state index contributed by atoms with van der Waals surface area (Å²) >= 11 is 5.01. The number of carbonyl (C=O) groups excluding carboxylic acids is 1. The molecule has 0 bridgehead atoms. The van der Waals surface area contributed by atoms with Crippen LogP contribution in [-0.2, 0) is 9.53 Å². The van der Waals surface area contributed by atoms with Gasteiger partial charge in [-0.2, -0.15) is 0 Å². The topological polar surface area (TPSA) is 55.6 Å². The van der Waals surface area contributed by atoms with Crippen LogP contribution in [0.1, 0.15) is 27.7 Å². The quantitative estimate of drug-likeness (QED) is 0.772. The molecular weight excluding hydrogens is 236 g/mol. The highest BCUT2D eigenvalue weighted by Gasteiger charge is 2.34. The van der Waals surface area contributed by atoms with E-state index in [1.165, 1.54) is 0 Å². The summed E-state index contributed by atoms with van der Waals surface area (Å²) < 4.78 is 5.51. The average Bonchev–Trinajstić information content (AvgIpc) is 2.20. The number of thiocarbonyl (C=S) groups is 1. The largest absolute Gasteiger partial charge is 0.393 e.